The van der Waals surface area contributed by atoms with Crippen molar-refractivity contribution < 1.29 is 4.74 Å². The van der Waals surface area contributed by atoms with Gasteiger partial charge in [0.1, 0.15) is 5.75 Å². The van der Waals surface area contributed by atoms with Crippen LogP contribution in [0.5, 0.6) is 5.75 Å². The molecule has 0 atom stereocenters. The lowest BCUT2D eigenvalue weighted by Crippen LogP contribution is -2.20. The third-order valence-electron chi connectivity index (χ3n) is 3.47. The summed E-state index contributed by atoms with van der Waals surface area (Å²) in [7, 11) is 0. The summed E-state index contributed by atoms with van der Waals surface area (Å²) in [4.78, 5) is 0. The Hall–Kier alpha value is -0.0600. The minimum absolute atomic E-state index is 0.376. The molecule has 1 aliphatic rings. The monoisotopic (exact) mass is 389 g/mol. The van der Waals surface area contributed by atoms with Gasteiger partial charge in [0.15, 0.2) is 0 Å². The molecule has 0 spiro atoms. The SMILES string of the molecule is CCNCc1cc(Br)c(OC2CCCCC2)c(Br)c1. The van der Waals surface area contributed by atoms with Crippen LogP contribution in [0.25, 0.3) is 0 Å². The minimum atomic E-state index is 0.376. The van der Waals surface area contributed by atoms with Gasteiger partial charge in [-0.25, -0.2) is 0 Å². The zero-order valence-electron chi connectivity index (χ0n) is 11.3. The van der Waals surface area contributed by atoms with Crippen molar-refractivity contribution in [2.45, 2.75) is 51.7 Å². The van der Waals surface area contributed by atoms with E-state index in [1.54, 1.807) is 0 Å². The van der Waals surface area contributed by atoms with Gasteiger partial charge in [-0.1, -0.05) is 13.3 Å². The molecule has 0 heterocycles. The van der Waals surface area contributed by atoms with Gasteiger partial charge in [0.05, 0.1) is 15.0 Å². The normalized spacial score (nSPS) is 16.6. The second-order valence-electron chi connectivity index (χ2n) is 5.05. The molecule has 1 fully saturated rings. The standard InChI is InChI=1S/C15H21Br2NO/c1-2-18-10-11-8-13(16)15(14(17)9-11)19-12-6-4-3-5-7-12/h8-9,12,18H,2-7,10H2,1H3. The van der Waals surface area contributed by atoms with E-state index >= 15 is 0 Å². The third-order valence-corrected chi connectivity index (χ3v) is 4.65. The summed E-state index contributed by atoms with van der Waals surface area (Å²) in [5.74, 6) is 0.951. The molecule has 0 bridgehead atoms. The molecular weight excluding hydrogens is 370 g/mol. The average Bonchev–Trinajstić information content (AvgIpc) is 2.42. The quantitative estimate of drug-likeness (QED) is 0.760. The van der Waals surface area contributed by atoms with Crippen molar-refractivity contribution in [3.05, 3.63) is 26.6 Å². The maximum atomic E-state index is 6.16. The van der Waals surface area contributed by atoms with Crippen molar-refractivity contribution in [3.63, 3.8) is 0 Å². The molecule has 0 aliphatic heterocycles. The Labute approximate surface area is 132 Å². The molecule has 0 radical (unpaired) electrons. The van der Waals surface area contributed by atoms with Crippen LogP contribution >= 0.6 is 31.9 Å². The van der Waals surface area contributed by atoms with Crippen LogP contribution in [0.1, 0.15) is 44.6 Å². The summed E-state index contributed by atoms with van der Waals surface area (Å²) in [5.41, 5.74) is 1.26. The predicted octanol–water partition coefficient (Wildman–Crippen LogP) is 5.03. The molecular formula is C15H21Br2NO. The highest BCUT2D eigenvalue weighted by Gasteiger charge is 2.18. The number of ether oxygens (including phenoxy) is 1. The van der Waals surface area contributed by atoms with Gasteiger partial charge >= 0.3 is 0 Å². The van der Waals surface area contributed by atoms with Crippen LogP contribution in [-0.2, 0) is 6.54 Å². The lowest BCUT2D eigenvalue weighted by Gasteiger charge is -2.24. The second kappa shape index (κ2) is 7.65. The molecule has 0 saturated heterocycles. The van der Waals surface area contributed by atoms with Crippen molar-refractivity contribution in [3.8, 4) is 5.75 Å². The highest BCUT2D eigenvalue weighted by molar-refractivity contribution is 9.11. The Bertz CT molecular complexity index is 394. The Kier molecular flexibility index (Phi) is 6.17. The largest absolute Gasteiger partial charge is 0.488 e. The number of hydrogen-bond acceptors (Lipinski definition) is 2. The molecule has 4 heteroatoms. The molecule has 2 nitrogen and oxygen atoms in total. The fourth-order valence-electron chi connectivity index (χ4n) is 2.45. The first-order valence-corrected chi connectivity index (χ1v) is 8.64. The lowest BCUT2D eigenvalue weighted by atomic mass is 9.98. The van der Waals surface area contributed by atoms with Gasteiger partial charge in [0.2, 0.25) is 0 Å². The molecule has 1 aromatic rings. The molecule has 1 saturated carbocycles. The summed E-state index contributed by atoms with van der Waals surface area (Å²) in [6.07, 6.45) is 6.66. The number of rotatable bonds is 5. The highest BCUT2D eigenvalue weighted by atomic mass is 79.9. The van der Waals surface area contributed by atoms with E-state index in [2.05, 4.69) is 56.2 Å². The van der Waals surface area contributed by atoms with E-state index in [1.807, 2.05) is 0 Å². The van der Waals surface area contributed by atoms with Gasteiger partial charge in [-0.15, -0.1) is 0 Å². The first kappa shape index (κ1) is 15.3. The number of nitrogens with one attached hydrogen (secondary N) is 1. The number of halogens is 2. The molecule has 2 rings (SSSR count). The molecule has 0 aromatic heterocycles. The Morgan fingerprint density at radius 1 is 1.16 bits per heavy atom. The van der Waals surface area contributed by atoms with Gasteiger partial charge in [-0.2, -0.15) is 0 Å². The number of hydrogen-bond donors (Lipinski definition) is 1. The van der Waals surface area contributed by atoms with Gasteiger partial charge in [0.25, 0.3) is 0 Å². The summed E-state index contributed by atoms with van der Waals surface area (Å²) >= 11 is 7.27. The van der Waals surface area contributed by atoms with Crippen LogP contribution < -0.4 is 10.1 Å². The summed E-state index contributed by atoms with van der Waals surface area (Å²) in [5, 5.41) is 3.34. The molecule has 0 amide bonds. The van der Waals surface area contributed by atoms with Crippen molar-refractivity contribution in [1.29, 1.82) is 0 Å². The number of benzene rings is 1. The molecule has 19 heavy (non-hydrogen) atoms. The fraction of sp³-hybridized carbons (Fsp3) is 0.600. The maximum absolute atomic E-state index is 6.16. The van der Waals surface area contributed by atoms with Crippen LogP contribution in [0.15, 0.2) is 21.1 Å². The molecule has 1 N–H and O–H groups in total. The van der Waals surface area contributed by atoms with E-state index in [0.29, 0.717) is 6.10 Å². The highest BCUT2D eigenvalue weighted by Crippen LogP contribution is 2.37. The van der Waals surface area contributed by atoms with Crippen LogP contribution in [0.4, 0.5) is 0 Å². The Morgan fingerprint density at radius 3 is 2.37 bits per heavy atom. The van der Waals surface area contributed by atoms with Gasteiger partial charge < -0.3 is 10.1 Å². The molecule has 0 unspecified atom stereocenters. The second-order valence-corrected chi connectivity index (χ2v) is 6.76. The van der Waals surface area contributed by atoms with E-state index in [4.69, 9.17) is 4.74 Å². The van der Waals surface area contributed by atoms with Gasteiger partial charge in [-0.05, 0) is 81.8 Å². The van der Waals surface area contributed by atoms with Crippen LogP contribution in [0, 0.1) is 0 Å². The topological polar surface area (TPSA) is 21.3 Å². The first-order valence-electron chi connectivity index (χ1n) is 7.06. The van der Waals surface area contributed by atoms with Crippen molar-refractivity contribution >= 4 is 31.9 Å². The van der Waals surface area contributed by atoms with E-state index in [9.17, 15) is 0 Å². The first-order chi connectivity index (χ1) is 9.20. The summed E-state index contributed by atoms with van der Waals surface area (Å²) in [6, 6.07) is 4.29. The predicted molar refractivity (Wildman–Crippen MR) is 86.7 cm³/mol. The minimum Gasteiger partial charge on any atom is -0.488 e. The van der Waals surface area contributed by atoms with E-state index in [1.165, 1.54) is 37.7 Å². The van der Waals surface area contributed by atoms with Gasteiger partial charge in [0, 0.05) is 6.54 Å². The fourth-order valence-corrected chi connectivity index (χ4v) is 3.91. The lowest BCUT2D eigenvalue weighted by molar-refractivity contribution is 0.153. The van der Waals surface area contributed by atoms with Crippen molar-refractivity contribution in [1.82, 2.24) is 5.32 Å². The Balaban J connectivity index is 2.07. The molecule has 1 aliphatic carbocycles. The van der Waals surface area contributed by atoms with E-state index < -0.39 is 0 Å². The average molecular weight is 391 g/mol. The van der Waals surface area contributed by atoms with Crippen LogP contribution in [-0.4, -0.2) is 12.6 Å². The van der Waals surface area contributed by atoms with Crippen molar-refractivity contribution in [2.75, 3.05) is 6.54 Å². The van der Waals surface area contributed by atoms with Gasteiger partial charge in [-0.3, -0.25) is 0 Å². The van der Waals surface area contributed by atoms with Crippen LogP contribution in [0.3, 0.4) is 0 Å². The molecule has 106 valence electrons. The zero-order chi connectivity index (χ0) is 13.7. The van der Waals surface area contributed by atoms with E-state index in [-0.39, 0.29) is 0 Å². The zero-order valence-corrected chi connectivity index (χ0v) is 14.5. The Morgan fingerprint density at radius 2 is 1.79 bits per heavy atom. The van der Waals surface area contributed by atoms with E-state index in [0.717, 1.165) is 27.8 Å². The van der Waals surface area contributed by atoms with Crippen molar-refractivity contribution in [2.24, 2.45) is 0 Å². The smallest absolute Gasteiger partial charge is 0.148 e. The summed E-state index contributed by atoms with van der Waals surface area (Å²) < 4.78 is 8.25. The third kappa shape index (κ3) is 4.47. The summed E-state index contributed by atoms with van der Waals surface area (Å²) in [6.45, 7) is 3.98. The van der Waals surface area contributed by atoms with Crippen LogP contribution in [0.2, 0.25) is 0 Å². The maximum Gasteiger partial charge on any atom is 0.148 e. The molecule has 1 aromatic carbocycles.